The van der Waals surface area contributed by atoms with Gasteiger partial charge in [0.25, 0.3) is 5.91 Å². The summed E-state index contributed by atoms with van der Waals surface area (Å²) in [6.45, 7) is 13.5. The number of fused-ring (bicyclic) bond motifs is 1. The van der Waals surface area contributed by atoms with Gasteiger partial charge in [0.15, 0.2) is 0 Å². The number of ether oxygens (including phenoxy) is 2. The lowest BCUT2D eigenvalue weighted by Gasteiger charge is -2.40. The predicted molar refractivity (Wildman–Crippen MR) is 160 cm³/mol. The Morgan fingerprint density at radius 3 is 2.45 bits per heavy atom. The van der Waals surface area contributed by atoms with Crippen molar-refractivity contribution in [1.29, 1.82) is 0 Å². The molecule has 2 amide bonds. The molecule has 3 aliphatic rings. The number of para-hydroxylation sites is 1. The second-order valence-corrected chi connectivity index (χ2v) is 12.2. The molecule has 3 unspecified atom stereocenters. The van der Waals surface area contributed by atoms with E-state index in [0.29, 0.717) is 12.8 Å². The Kier molecular flexibility index (Phi) is 8.07. The van der Waals surface area contributed by atoms with Gasteiger partial charge >= 0.3 is 5.97 Å². The van der Waals surface area contributed by atoms with E-state index < -0.39 is 41.1 Å². The number of carbonyl (C=O) groups is 3. The van der Waals surface area contributed by atoms with Gasteiger partial charge in [-0.1, -0.05) is 61.5 Å². The topological polar surface area (TPSA) is 96.4 Å². The fourth-order valence-electron chi connectivity index (χ4n) is 7.88. The average molecular weight is 575 g/mol. The first-order chi connectivity index (χ1) is 20.0. The molecule has 0 aliphatic carbocycles. The smallest absolute Gasteiger partial charge is 0.312 e. The summed E-state index contributed by atoms with van der Waals surface area (Å²) in [4.78, 5) is 46.4. The van der Waals surface area contributed by atoms with Crippen LogP contribution in [0.4, 0.5) is 5.69 Å². The molecule has 3 heterocycles. The van der Waals surface area contributed by atoms with Gasteiger partial charge in [-0.3, -0.25) is 14.4 Å². The van der Waals surface area contributed by atoms with Crippen molar-refractivity contribution < 1.29 is 29.0 Å². The van der Waals surface area contributed by atoms with Crippen LogP contribution in [0.1, 0.15) is 43.9 Å². The van der Waals surface area contributed by atoms with Crippen molar-refractivity contribution in [3.8, 4) is 0 Å². The molecule has 3 aliphatic heterocycles. The SMILES string of the molecule is C=CCN(C(=O)C1N([C@@H](CO)Cc2ccccc2)C(=O)[C@@H]2[C@H](C(=O)OCC)[C@@]3(C)OC12CC3C)c1c(C)cccc1C. The van der Waals surface area contributed by atoms with Gasteiger partial charge in [-0.05, 0) is 63.1 Å². The summed E-state index contributed by atoms with van der Waals surface area (Å²) in [5, 5.41) is 10.7. The molecule has 2 bridgehead atoms. The van der Waals surface area contributed by atoms with Crippen LogP contribution in [-0.2, 0) is 30.3 Å². The Balaban J connectivity index is 1.68. The van der Waals surface area contributed by atoms with E-state index in [-0.39, 0.29) is 37.5 Å². The van der Waals surface area contributed by atoms with E-state index in [1.165, 1.54) is 4.90 Å². The monoisotopic (exact) mass is 574 g/mol. The van der Waals surface area contributed by atoms with Crippen LogP contribution in [0.5, 0.6) is 0 Å². The lowest BCUT2D eigenvalue weighted by molar-refractivity contribution is -0.162. The van der Waals surface area contributed by atoms with Gasteiger partial charge in [0.2, 0.25) is 5.91 Å². The number of anilines is 1. The van der Waals surface area contributed by atoms with Gasteiger partial charge in [-0.15, -0.1) is 6.58 Å². The third-order valence-corrected chi connectivity index (χ3v) is 9.73. The third kappa shape index (κ3) is 4.47. The molecular weight excluding hydrogens is 532 g/mol. The summed E-state index contributed by atoms with van der Waals surface area (Å²) in [6, 6.07) is 13.7. The lowest BCUT2D eigenvalue weighted by atomic mass is 9.62. The van der Waals surface area contributed by atoms with Gasteiger partial charge in [0, 0.05) is 12.2 Å². The molecule has 2 aromatic rings. The number of nitrogens with zero attached hydrogens (tertiary/aromatic N) is 2. The highest BCUT2D eigenvalue weighted by Crippen LogP contribution is 2.65. The van der Waals surface area contributed by atoms with Crippen LogP contribution in [0, 0.1) is 31.6 Å². The van der Waals surface area contributed by atoms with E-state index in [0.717, 1.165) is 22.4 Å². The van der Waals surface area contributed by atoms with Crippen LogP contribution in [0.25, 0.3) is 0 Å². The number of amides is 2. The molecule has 0 radical (unpaired) electrons. The summed E-state index contributed by atoms with van der Waals surface area (Å²) in [5.74, 6) is -3.02. The summed E-state index contributed by atoms with van der Waals surface area (Å²) >= 11 is 0. The molecule has 5 rings (SSSR count). The summed E-state index contributed by atoms with van der Waals surface area (Å²) in [5.41, 5.74) is 1.30. The highest BCUT2D eigenvalue weighted by Gasteiger charge is 2.80. The van der Waals surface area contributed by atoms with Crippen LogP contribution >= 0.6 is 0 Å². The highest BCUT2D eigenvalue weighted by atomic mass is 16.6. The number of likely N-dealkylation sites (tertiary alicyclic amines) is 1. The quantitative estimate of drug-likeness (QED) is 0.341. The van der Waals surface area contributed by atoms with Crippen molar-refractivity contribution in [2.75, 3.05) is 24.7 Å². The fraction of sp³-hybridized carbons (Fsp3) is 0.500. The van der Waals surface area contributed by atoms with Crippen LogP contribution in [0.15, 0.2) is 61.2 Å². The van der Waals surface area contributed by atoms with Crippen molar-refractivity contribution >= 4 is 23.5 Å². The van der Waals surface area contributed by atoms with Crippen molar-refractivity contribution in [2.45, 2.75) is 70.7 Å². The second kappa shape index (κ2) is 11.3. The molecule has 7 atom stereocenters. The first kappa shape index (κ1) is 30.0. The number of aliphatic hydroxyl groups excluding tert-OH is 1. The van der Waals surface area contributed by atoms with Crippen LogP contribution in [0.2, 0.25) is 0 Å². The second-order valence-electron chi connectivity index (χ2n) is 12.2. The largest absolute Gasteiger partial charge is 0.466 e. The minimum absolute atomic E-state index is 0.110. The Labute approximate surface area is 248 Å². The lowest BCUT2D eigenvalue weighted by Crippen LogP contribution is -2.59. The van der Waals surface area contributed by atoms with E-state index in [1.54, 1.807) is 17.9 Å². The number of hydrogen-bond donors (Lipinski definition) is 1. The van der Waals surface area contributed by atoms with Gasteiger partial charge in [-0.25, -0.2) is 0 Å². The number of rotatable bonds is 10. The molecule has 0 saturated carbocycles. The van der Waals surface area contributed by atoms with Crippen LogP contribution in [-0.4, -0.2) is 70.8 Å². The first-order valence-corrected chi connectivity index (χ1v) is 14.9. The van der Waals surface area contributed by atoms with Crippen molar-refractivity contribution in [1.82, 2.24) is 4.90 Å². The molecule has 1 N–H and O–H groups in total. The zero-order chi connectivity index (χ0) is 30.4. The Hall–Kier alpha value is -3.49. The number of hydrogen-bond acceptors (Lipinski definition) is 6. The summed E-state index contributed by atoms with van der Waals surface area (Å²) in [6.07, 6.45) is 2.45. The maximum Gasteiger partial charge on any atom is 0.312 e. The maximum absolute atomic E-state index is 15.0. The number of aliphatic hydroxyl groups is 1. The molecule has 8 heteroatoms. The molecule has 224 valence electrons. The Morgan fingerprint density at radius 2 is 1.86 bits per heavy atom. The molecular formula is C34H42N2O6. The minimum Gasteiger partial charge on any atom is -0.466 e. The van der Waals surface area contributed by atoms with Crippen molar-refractivity contribution in [3.63, 3.8) is 0 Å². The zero-order valence-electron chi connectivity index (χ0n) is 25.2. The van der Waals surface area contributed by atoms with Gasteiger partial charge in [-0.2, -0.15) is 0 Å². The van der Waals surface area contributed by atoms with Crippen molar-refractivity contribution in [3.05, 3.63) is 77.9 Å². The molecule has 8 nitrogen and oxygen atoms in total. The fourth-order valence-corrected chi connectivity index (χ4v) is 7.88. The van der Waals surface area contributed by atoms with E-state index >= 15 is 4.79 Å². The number of aryl methyl sites for hydroxylation is 2. The van der Waals surface area contributed by atoms with Gasteiger partial charge < -0.3 is 24.4 Å². The van der Waals surface area contributed by atoms with E-state index in [4.69, 9.17) is 9.47 Å². The number of benzene rings is 2. The summed E-state index contributed by atoms with van der Waals surface area (Å²) in [7, 11) is 0. The highest BCUT2D eigenvalue weighted by molar-refractivity contribution is 6.05. The molecule has 3 fully saturated rings. The number of carbonyl (C=O) groups excluding carboxylic acids is 3. The third-order valence-electron chi connectivity index (χ3n) is 9.73. The van der Waals surface area contributed by atoms with Gasteiger partial charge in [0.1, 0.15) is 17.6 Å². The predicted octanol–water partition coefficient (Wildman–Crippen LogP) is 4.00. The Bertz CT molecular complexity index is 1360. The zero-order valence-corrected chi connectivity index (χ0v) is 25.2. The molecule has 42 heavy (non-hydrogen) atoms. The minimum atomic E-state index is -1.25. The van der Waals surface area contributed by atoms with E-state index in [1.807, 2.05) is 76.2 Å². The van der Waals surface area contributed by atoms with Crippen molar-refractivity contribution in [2.24, 2.45) is 17.8 Å². The molecule has 1 spiro atoms. The summed E-state index contributed by atoms with van der Waals surface area (Å²) < 4.78 is 12.3. The number of esters is 1. The van der Waals surface area contributed by atoms with E-state index in [2.05, 4.69) is 6.58 Å². The standard InChI is InChI=1S/C34H42N2O6/c1-7-17-35(28-21(3)13-12-14-22(28)4)31(39)29-34-19-23(5)33(6,42-34)27(32(40)41-8-2)26(34)30(38)36(29)25(20-37)18-24-15-10-9-11-16-24/h7,9-16,23,25-27,29,37H,1,8,17-20H2,2-6H3/t23?,25-,26+,27-,29?,33+,34?/m1/s1. The Morgan fingerprint density at radius 1 is 1.19 bits per heavy atom. The maximum atomic E-state index is 15.0. The van der Waals surface area contributed by atoms with Crippen LogP contribution < -0.4 is 4.90 Å². The molecule has 2 aromatic carbocycles. The normalized spacial score (nSPS) is 30.2. The molecule has 0 aromatic heterocycles. The van der Waals surface area contributed by atoms with Gasteiger partial charge in [0.05, 0.1) is 30.8 Å². The first-order valence-electron chi connectivity index (χ1n) is 14.9. The van der Waals surface area contributed by atoms with E-state index in [9.17, 15) is 14.7 Å². The van der Waals surface area contributed by atoms with Crippen LogP contribution in [0.3, 0.4) is 0 Å². The average Bonchev–Trinajstić information content (AvgIpc) is 3.48. The molecule has 3 saturated heterocycles.